The molecule has 148 valence electrons. The van der Waals surface area contributed by atoms with Crippen molar-refractivity contribution in [2.75, 3.05) is 25.5 Å². The van der Waals surface area contributed by atoms with Crippen LogP contribution < -0.4 is 10.1 Å². The van der Waals surface area contributed by atoms with Gasteiger partial charge in [-0.15, -0.1) is 0 Å². The summed E-state index contributed by atoms with van der Waals surface area (Å²) < 4.78 is 5.14. The summed E-state index contributed by atoms with van der Waals surface area (Å²) in [4.78, 5) is 31.7. The van der Waals surface area contributed by atoms with Gasteiger partial charge in [0.25, 0.3) is 5.91 Å². The van der Waals surface area contributed by atoms with Crippen molar-refractivity contribution in [2.45, 2.75) is 12.8 Å². The molecule has 4 rings (SSSR count). The van der Waals surface area contributed by atoms with Crippen molar-refractivity contribution in [2.24, 2.45) is 5.92 Å². The Morgan fingerprint density at radius 3 is 2.48 bits per heavy atom. The molecule has 1 aliphatic rings. The highest BCUT2D eigenvalue weighted by molar-refractivity contribution is 6.01. The topological polar surface area (TPSA) is 71.5 Å². The van der Waals surface area contributed by atoms with E-state index in [1.54, 1.807) is 37.6 Å². The van der Waals surface area contributed by atoms with Crippen LogP contribution in [0.15, 0.2) is 60.8 Å². The Balaban J connectivity index is 1.37. The number of carbonyl (C=O) groups excluding carboxylic acids is 2. The minimum atomic E-state index is -0.117. The molecule has 2 aromatic carbocycles. The van der Waals surface area contributed by atoms with Gasteiger partial charge in [0.1, 0.15) is 5.75 Å². The van der Waals surface area contributed by atoms with E-state index in [4.69, 9.17) is 4.74 Å². The number of hydrogen-bond acceptors (Lipinski definition) is 4. The molecule has 0 unspecified atom stereocenters. The highest BCUT2D eigenvalue weighted by atomic mass is 16.5. The molecule has 2 amide bonds. The molecule has 1 aliphatic heterocycles. The summed E-state index contributed by atoms with van der Waals surface area (Å²) in [5.41, 5.74) is 2.15. The van der Waals surface area contributed by atoms with Gasteiger partial charge >= 0.3 is 0 Å². The van der Waals surface area contributed by atoms with Crippen molar-refractivity contribution in [3.63, 3.8) is 0 Å². The first-order valence-electron chi connectivity index (χ1n) is 9.73. The number of fused-ring (bicyclic) bond motifs is 1. The van der Waals surface area contributed by atoms with Gasteiger partial charge in [0.05, 0.1) is 18.3 Å². The van der Waals surface area contributed by atoms with Gasteiger partial charge in [0.2, 0.25) is 5.91 Å². The zero-order valence-electron chi connectivity index (χ0n) is 16.3. The van der Waals surface area contributed by atoms with Crippen LogP contribution in [0.5, 0.6) is 5.75 Å². The molecule has 0 spiro atoms. The first-order valence-corrected chi connectivity index (χ1v) is 9.73. The summed E-state index contributed by atoms with van der Waals surface area (Å²) in [7, 11) is 1.60. The second-order valence-corrected chi connectivity index (χ2v) is 7.16. The number of amides is 2. The Bertz CT molecular complexity index is 1020. The van der Waals surface area contributed by atoms with E-state index in [1.807, 2.05) is 35.2 Å². The number of aromatic nitrogens is 1. The highest BCUT2D eigenvalue weighted by Gasteiger charge is 2.28. The molecule has 1 N–H and O–H groups in total. The molecule has 0 atom stereocenters. The lowest BCUT2D eigenvalue weighted by Gasteiger charge is -2.31. The molecule has 3 aromatic rings. The van der Waals surface area contributed by atoms with E-state index < -0.39 is 0 Å². The second-order valence-electron chi connectivity index (χ2n) is 7.16. The third-order valence-electron chi connectivity index (χ3n) is 5.38. The van der Waals surface area contributed by atoms with Gasteiger partial charge in [-0.2, -0.15) is 0 Å². The summed E-state index contributed by atoms with van der Waals surface area (Å²) in [5.74, 6) is 0.582. The number of likely N-dealkylation sites (tertiary alicyclic amines) is 1. The lowest BCUT2D eigenvalue weighted by molar-refractivity contribution is -0.121. The predicted octanol–water partition coefficient (Wildman–Crippen LogP) is 3.73. The summed E-state index contributed by atoms with van der Waals surface area (Å²) in [6, 6.07) is 16.7. The molecule has 0 saturated carbocycles. The largest absolute Gasteiger partial charge is 0.497 e. The van der Waals surface area contributed by atoms with Crippen LogP contribution in [0.2, 0.25) is 0 Å². The molecule has 0 aliphatic carbocycles. The highest BCUT2D eigenvalue weighted by Crippen LogP contribution is 2.25. The molecule has 1 saturated heterocycles. The first-order chi connectivity index (χ1) is 14.2. The normalized spacial score (nSPS) is 14.6. The van der Waals surface area contributed by atoms with Crippen LogP contribution in [0, 0.1) is 5.92 Å². The van der Waals surface area contributed by atoms with Crippen LogP contribution in [0.1, 0.15) is 23.2 Å². The Kier molecular flexibility index (Phi) is 5.42. The number of nitrogens with one attached hydrogen (secondary N) is 1. The van der Waals surface area contributed by atoms with E-state index in [1.165, 1.54) is 0 Å². The monoisotopic (exact) mass is 389 g/mol. The zero-order valence-corrected chi connectivity index (χ0v) is 16.3. The fraction of sp³-hybridized carbons (Fsp3) is 0.261. The summed E-state index contributed by atoms with van der Waals surface area (Å²) >= 11 is 0. The Labute approximate surface area is 169 Å². The van der Waals surface area contributed by atoms with Gasteiger partial charge < -0.3 is 15.0 Å². The predicted molar refractivity (Wildman–Crippen MR) is 112 cm³/mol. The number of para-hydroxylation sites is 1. The number of carbonyl (C=O) groups is 2. The number of pyridine rings is 1. The molecular weight excluding hydrogens is 366 g/mol. The van der Waals surface area contributed by atoms with E-state index in [0.717, 1.165) is 22.3 Å². The first kappa shape index (κ1) is 18.9. The smallest absolute Gasteiger partial charge is 0.253 e. The van der Waals surface area contributed by atoms with E-state index in [2.05, 4.69) is 10.3 Å². The van der Waals surface area contributed by atoms with Crippen LogP contribution >= 0.6 is 0 Å². The van der Waals surface area contributed by atoms with Crippen molar-refractivity contribution >= 4 is 28.4 Å². The molecule has 0 bridgehead atoms. The molecular formula is C23H23N3O3. The van der Waals surface area contributed by atoms with Crippen LogP contribution in [0.25, 0.3) is 10.9 Å². The Morgan fingerprint density at radius 2 is 1.76 bits per heavy atom. The van der Waals surface area contributed by atoms with Crippen LogP contribution in [-0.2, 0) is 4.79 Å². The van der Waals surface area contributed by atoms with Crippen molar-refractivity contribution in [1.29, 1.82) is 0 Å². The number of nitrogens with zero attached hydrogens (tertiary/aromatic N) is 2. The van der Waals surface area contributed by atoms with Gasteiger partial charge in [-0.3, -0.25) is 14.6 Å². The van der Waals surface area contributed by atoms with E-state index in [-0.39, 0.29) is 17.7 Å². The molecule has 29 heavy (non-hydrogen) atoms. The summed E-state index contributed by atoms with van der Waals surface area (Å²) in [5, 5.41) is 4.02. The number of piperidine rings is 1. The third kappa shape index (κ3) is 4.06. The van der Waals surface area contributed by atoms with Crippen molar-refractivity contribution < 1.29 is 14.3 Å². The van der Waals surface area contributed by atoms with Crippen LogP contribution in [0.4, 0.5) is 5.69 Å². The average molecular weight is 389 g/mol. The SMILES string of the molecule is COc1ccc(C(=O)N2CCC(C(=O)Nc3cccc4cccnc34)CC2)cc1. The maximum absolute atomic E-state index is 12.8. The second kappa shape index (κ2) is 8.31. The number of benzene rings is 2. The Morgan fingerprint density at radius 1 is 1.03 bits per heavy atom. The van der Waals surface area contributed by atoms with Crippen LogP contribution in [-0.4, -0.2) is 41.9 Å². The quantitative estimate of drug-likeness (QED) is 0.738. The van der Waals surface area contributed by atoms with Gasteiger partial charge in [-0.25, -0.2) is 0 Å². The van der Waals surface area contributed by atoms with Crippen molar-refractivity contribution in [3.8, 4) is 5.75 Å². The van der Waals surface area contributed by atoms with E-state index >= 15 is 0 Å². The van der Waals surface area contributed by atoms with E-state index in [0.29, 0.717) is 31.5 Å². The van der Waals surface area contributed by atoms with Crippen molar-refractivity contribution in [1.82, 2.24) is 9.88 Å². The molecule has 1 fully saturated rings. The third-order valence-corrected chi connectivity index (χ3v) is 5.38. The maximum Gasteiger partial charge on any atom is 0.253 e. The maximum atomic E-state index is 12.8. The molecule has 0 radical (unpaired) electrons. The van der Waals surface area contributed by atoms with Gasteiger partial charge in [0, 0.05) is 36.2 Å². The van der Waals surface area contributed by atoms with Gasteiger partial charge in [-0.05, 0) is 49.2 Å². The number of hydrogen-bond donors (Lipinski definition) is 1. The fourth-order valence-electron chi connectivity index (χ4n) is 3.70. The average Bonchev–Trinajstić information content (AvgIpc) is 2.79. The summed E-state index contributed by atoms with van der Waals surface area (Å²) in [6.07, 6.45) is 3.01. The fourth-order valence-corrected chi connectivity index (χ4v) is 3.70. The number of ether oxygens (including phenoxy) is 1. The number of rotatable bonds is 4. The molecule has 1 aromatic heterocycles. The lowest BCUT2D eigenvalue weighted by Crippen LogP contribution is -2.41. The van der Waals surface area contributed by atoms with Gasteiger partial charge in [-0.1, -0.05) is 18.2 Å². The molecule has 2 heterocycles. The molecule has 6 nitrogen and oxygen atoms in total. The molecule has 6 heteroatoms. The van der Waals surface area contributed by atoms with Crippen molar-refractivity contribution in [3.05, 3.63) is 66.4 Å². The summed E-state index contributed by atoms with van der Waals surface area (Å²) in [6.45, 7) is 1.13. The number of methoxy groups -OCH3 is 1. The lowest BCUT2D eigenvalue weighted by atomic mass is 9.95. The minimum Gasteiger partial charge on any atom is -0.497 e. The van der Waals surface area contributed by atoms with Gasteiger partial charge in [0.15, 0.2) is 0 Å². The Hall–Kier alpha value is -3.41. The number of anilines is 1. The van der Waals surface area contributed by atoms with Crippen LogP contribution in [0.3, 0.4) is 0 Å². The van der Waals surface area contributed by atoms with E-state index in [9.17, 15) is 9.59 Å². The minimum absolute atomic E-state index is 0.00948. The zero-order chi connectivity index (χ0) is 20.2. The standard InChI is InChI=1S/C23H23N3O3/c1-29-19-9-7-18(8-10-19)23(28)26-14-11-17(12-15-26)22(27)25-20-6-2-4-16-5-3-13-24-21(16)20/h2-10,13,17H,11-12,14-15H2,1H3,(H,25,27).